The normalized spacial score (nSPS) is 14.5. The lowest BCUT2D eigenvalue weighted by atomic mass is 10.1. The number of halogens is 1. The van der Waals surface area contributed by atoms with Gasteiger partial charge in [-0.2, -0.15) is 0 Å². The van der Waals surface area contributed by atoms with Crippen molar-refractivity contribution in [2.45, 2.75) is 25.7 Å². The molecule has 0 amide bonds. The molecule has 0 spiro atoms. The van der Waals surface area contributed by atoms with Gasteiger partial charge >= 0.3 is 5.97 Å². The van der Waals surface area contributed by atoms with Gasteiger partial charge in [0.05, 0.1) is 12.1 Å². The van der Waals surface area contributed by atoms with Crippen LogP contribution in [-0.4, -0.2) is 22.2 Å². The molecule has 1 aliphatic rings. The van der Waals surface area contributed by atoms with Crippen LogP contribution in [0.1, 0.15) is 41.7 Å². The van der Waals surface area contributed by atoms with Gasteiger partial charge in [0.1, 0.15) is 11.4 Å². The molecule has 0 radical (unpaired) electrons. The van der Waals surface area contributed by atoms with E-state index >= 15 is 0 Å². The monoisotopic (exact) mass is 313 g/mol. The fourth-order valence-corrected chi connectivity index (χ4v) is 3.02. The van der Waals surface area contributed by atoms with Gasteiger partial charge in [-0.25, -0.2) is 13.7 Å². The summed E-state index contributed by atoms with van der Waals surface area (Å²) in [5.41, 5.74) is 7.72. The summed E-state index contributed by atoms with van der Waals surface area (Å²) in [6.07, 6.45) is 2.16. The van der Waals surface area contributed by atoms with E-state index in [1.165, 1.54) is 12.1 Å². The van der Waals surface area contributed by atoms with Gasteiger partial charge in [0.2, 0.25) is 0 Å². The molecule has 23 heavy (non-hydrogen) atoms. The number of aromatic nitrogens is 2. The van der Waals surface area contributed by atoms with Gasteiger partial charge < -0.3 is 10.5 Å². The first-order chi connectivity index (χ1) is 11.1. The molecule has 2 aromatic heterocycles. The Morgan fingerprint density at radius 1 is 1.43 bits per heavy atom. The Kier molecular flexibility index (Phi) is 3.01. The van der Waals surface area contributed by atoms with Gasteiger partial charge in [-0.15, -0.1) is 5.10 Å². The van der Waals surface area contributed by atoms with E-state index in [2.05, 4.69) is 5.10 Å². The lowest BCUT2D eigenvalue weighted by Crippen LogP contribution is -2.07. The second kappa shape index (κ2) is 4.94. The van der Waals surface area contributed by atoms with E-state index in [-0.39, 0.29) is 23.8 Å². The summed E-state index contributed by atoms with van der Waals surface area (Å²) in [5, 5.41) is 5.81. The van der Waals surface area contributed by atoms with Crippen molar-refractivity contribution >= 4 is 28.1 Å². The summed E-state index contributed by atoms with van der Waals surface area (Å²) < 4.78 is 20.5. The second-order valence-electron chi connectivity index (χ2n) is 5.82. The molecule has 1 aromatic carbocycles. The molecular weight excluding hydrogens is 297 g/mol. The molecule has 0 bridgehead atoms. The zero-order valence-corrected chi connectivity index (χ0v) is 12.7. The highest BCUT2D eigenvalue weighted by Crippen LogP contribution is 2.42. The molecule has 5 nitrogen and oxygen atoms in total. The minimum absolute atomic E-state index is 0.113. The van der Waals surface area contributed by atoms with E-state index in [1.807, 2.05) is 6.07 Å². The Balaban J connectivity index is 2.13. The van der Waals surface area contributed by atoms with Gasteiger partial charge in [-0.1, -0.05) is 6.07 Å². The number of pyridine rings is 1. The number of anilines is 1. The van der Waals surface area contributed by atoms with Crippen LogP contribution in [-0.2, 0) is 4.74 Å². The highest BCUT2D eigenvalue weighted by Gasteiger charge is 2.30. The standard InChI is InChI=1S/C17H16FN3O2/c1-2-23-17(22)14-15-12-8-11(18)6-5-10(12)7-13(9-3-4-9)21(15)20-16(14)19/h5-9H,2-4H2,1H3,(H2,19,20). The third kappa shape index (κ3) is 2.13. The van der Waals surface area contributed by atoms with Gasteiger partial charge in [-0.05, 0) is 43.4 Å². The number of carbonyl (C=O) groups excluding carboxylic acids is 1. The van der Waals surface area contributed by atoms with Crippen LogP contribution in [0.5, 0.6) is 0 Å². The Hall–Kier alpha value is -2.63. The van der Waals surface area contributed by atoms with Gasteiger partial charge in [0.25, 0.3) is 0 Å². The molecule has 0 unspecified atom stereocenters. The Labute approximate surface area is 131 Å². The number of nitrogens with zero attached hydrogens (tertiary/aromatic N) is 2. The number of fused-ring (bicyclic) bond motifs is 3. The maximum atomic E-state index is 13.7. The van der Waals surface area contributed by atoms with Crippen LogP contribution in [0.4, 0.5) is 10.2 Å². The first-order valence-corrected chi connectivity index (χ1v) is 7.67. The zero-order valence-electron chi connectivity index (χ0n) is 12.7. The van der Waals surface area contributed by atoms with Gasteiger partial charge in [0.15, 0.2) is 5.82 Å². The Morgan fingerprint density at radius 2 is 2.22 bits per heavy atom. The highest BCUT2D eigenvalue weighted by molar-refractivity contribution is 6.10. The molecule has 2 heterocycles. The molecule has 3 aromatic rings. The topological polar surface area (TPSA) is 69.6 Å². The van der Waals surface area contributed by atoms with Crippen LogP contribution in [0.15, 0.2) is 24.3 Å². The maximum Gasteiger partial charge on any atom is 0.344 e. The van der Waals surface area contributed by atoms with E-state index in [1.54, 1.807) is 17.5 Å². The molecule has 6 heteroatoms. The van der Waals surface area contributed by atoms with Crippen LogP contribution in [0.25, 0.3) is 16.3 Å². The largest absolute Gasteiger partial charge is 0.462 e. The molecule has 1 aliphatic carbocycles. The number of nitrogens with two attached hydrogens (primary N) is 1. The van der Waals surface area contributed by atoms with Crippen molar-refractivity contribution < 1.29 is 13.9 Å². The van der Waals surface area contributed by atoms with Crippen molar-refractivity contribution in [1.82, 2.24) is 9.61 Å². The molecule has 0 atom stereocenters. The third-order valence-electron chi connectivity index (χ3n) is 4.21. The molecule has 0 aliphatic heterocycles. The average molecular weight is 313 g/mol. The molecule has 2 N–H and O–H groups in total. The Morgan fingerprint density at radius 3 is 2.91 bits per heavy atom. The molecule has 0 saturated heterocycles. The van der Waals surface area contributed by atoms with E-state index in [9.17, 15) is 9.18 Å². The van der Waals surface area contributed by atoms with Crippen LogP contribution in [0, 0.1) is 5.82 Å². The number of hydrogen-bond acceptors (Lipinski definition) is 4. The fraction of sp³-hybridized carbons (Fsp3) is 0.294. The summed E-state index contributed by atoms with van der Waals surface area (Å²) in [7, 11) is 0. The second-order valence-corrected chi connectivity index (χ2v) is 5.82. The minimum atomic E-state index is -0.529. The van der Waals surface area contributed by atoms with Crippen LogP contribution in [0.2, 0.25) is 0 Å². The number of benzene rings is 1. The Bertz CT molecular complexity index is 944. The number of ether oxygens (including phenoxy) is 1. The number of carbonyl (C=O) groups is 1. The quantitative estimate of drug-likeness (QED) is 0.754. The number of hydrogen-bond donors (Lipinski definition) is 1. The highest BCUT2D eigenvalue weighted by atomic mass is 19.1. The smallest absolute Gasteiger partial charge is 0.344 e. The lowest BCUT2D eigenvalue weighted by molar-refractivity contribution is 0.0530. The van der Waals surface area contributed by atoms with Crippen molar-refractivity contribution in [3.8, 4) is 0 Å². The average Bonchev–Trinajstić information content (AvgIpc) is 3.28. The van der Waals surface area contributed by atoms with Crippen molar-refractivity contribution in [1.29, 1.82) is 0 Å². The molecule has 4 rings (SSSR count). The number of rotatable bonds is 3. The van der Waals surface area contributed by atoms with Gasteiger partial charge in [0, 0.05) is 17.0 Å². The predicted molar refractivity (Wildman–Crippen MR) is 85.0 cm³/mol. The van der Waals surface area contributed by atoms with Crippen molar-refractivity contribution in [3.05, 3.63) is 41.3 Å². The predicted octanol–water partition coefficient (Wildman–Crippen LogP) is 3.26. The van der Waals surface area contributed by atoms with E-state index < -0.39 is 5.97 Å². The molecule has 1 saturated carbocycles. The summed E-state index contributed by atoms with van der Waals surface area (Å²) in [6.45, 7) is 1.97. The van der Waals surface area contributed by atoms with Crippen molar-refractivity contribution in [2.75, 3.05) is 12.3 Å². The molecular formula is C17H16FN3O2. The van der Waals surface area contributed by atoms with Gasteiger partial charge in [-0.3, -0.25) is 0 Å². The number of nitrogen functional groups attached to an aromatic ring is 1. The summed E-state index contributed by atoms with van der Waals surface area (Å²) in [6, 6.07) is 6.54. The SMILES string of the molecule is CCOC(=O)c1c(N)nn2c(C3CC3)cc3ccc(F)cc3c12. The van der Waals surface area contributed by atoms with Crippen LogP contribution < -0.4 is 5.73 Å². The van der Waals surface area contributed by atoms with Crippen LogP contribution >= 0.6 is 0 Å². The summed E-state index contributed by atoms with van der Waals surface area (Å²) >= 11 is 0. The molecule has 1 fully saturated rings. The summed E-state index contributed by atoms with van der Waals surface area (Å²) in [4.78, 5) is 12.3. The molecule has 118 valence electrons. The fourth-order valence-electron chi connectivity index (χ4n) is 3.02. The van der Waals surface area contributed by atoms with E-state index in [4.69, 9.17) is 10.5 Å². The lowest BCUT2D eigenvalue weighted by Gasteiger charge is -2.09. The van der Waals surface area contributed by atoms with Crippen molar-refractivity contribution in [2.24, 2.45) is 0 Å². The first-order valence-electron chi connectivity index (χ1n) is 7.67. The minimum Gasteiger partial charge on any atom is -0.462 e. The number of esters is 1. The third-order valence-corrected chi connectivity index (χ3v) is 4.21. The van der Waals surface area contributed by atoms with E-state index in [0.29, 0.717) is 16.8 Å². The summed E-state index contributed by atoms with van der Waals surface area (Å²) in [5.74, 6) is -0.380. The maximum absolute atomic E-state index is 13.7. The zero-order chi connectivity index (χ0) is 16.1. The first kappa shape index (κ1) is 14.0. The van der Waals surface area contributed by atoms with E-state index in [0.717, 1.165) is 23.9 Å². The van der Waals surface area contributed by atoms with Crippen LogP contribution in [0.3, 0.4) is 0 Å². The van der Waals surface area contributed by atoms with Crippen molar-refractivity contribution in [3.63, 3.8) is 0 Å².